The van der Waals surface area contributed by atoms with Crippen LogP contribution in [0.15, 0.2) is 22.9 Å². The van der Waals surface area contributed by atoms with E-state index in [1.54, 1.807) is 18.5 Å². The van der Waals surface area contributed by atoms with Gasteiger partial charge in [-0.1, -0.05) is 6.07 Å². The van der Waals surface area contributed by atoms with Gasteiger partial charge in [-0.25, -0.2) is 4.98 Å². The molecule has 2 rings (SSSR count). The molecule has 2 aromatic rings. The molecule has 2 aromatic heterocycles. The molecule has 0 atom stereocenters. The van der Waals surface area contributed by atoms with Crippen LogP contribution in [0, 0.1) is 0 Å². The van der Waals surface area contributed by atoms with Crippen LogP contribution in [-0.2, 0) is 11.2 Å². The summed E-state index contributed by atoms with van der Waals surface area (Å²) in [6, 6.07) is 3.57. The second-order valence-electron chi connectivity index (χ2n) is 3.43. The van der Waals surface area contributed by atoms with Crippen LogP contribution in [-0.4, -0.2) is 23.8 Å². The lowest BCUT2D eigenvalue weighted by molar-refractivity contribution is -0.120. The summed E-state index contributed by atoms with van der Waals surface area (Å²) in [4.78, 5) is 27.7. The Morgan fingerprint density at radius 1 is 1.39 bits per heavy atom. The van der Waals surface area contributed by atoms with Gasteiger partial charge in [-0.3, -0.25) is 14.9 Å². The summed E-state index contributed by atoms with van der Waals surface area (Å²) in [5, 5.41) is 9.34. The fourth-order valence-corrected chi connectivity index (χ4v) is 2.59. The number of thiazole rings is 1. The molecule has 0 saturated heterocycles. The van der Waals surface area contributed by atoms with E-state index in [9.17, 15) is 9.59 Å². The summed E-state index contributed by atoms with van der Waals surface area (Å²) in [5.41, 5.74) is 0.654. The second-order valence-corrected chi connectivity index (χ2v) is 5.23. The van der Waals surface area contributed by atoms with Crippen LogP contribution in [0.3, 0.4) is 0 Å². The van der Waals surface area contributed by atoms with Crippen molar-refractivity contribution < 1.29 is 9.59 Å². The van der Waals surface area contributed by atoms with Crippen LogP contribution in [0.25, 0.3) is 0 Å². The summed E-state index contributed by atoms with van der Waals surface area (Å²) in [7, 11) is 1.58. The highest BCUT2D eigenvalue weighted by Gasteiger charge is 2.10. The van der Waals surface area contributed by atoms with Crippen molar-refractivity contribution in [3.8, 4) is 0 Å². The largest absolute Gasteiger partial charge is 0.359 e. The number of rotatable bonds is 4. The first kappa shape index (κ1) is 12.7. The fourth-order valence-electron chi connectivity index (χ4n) is 1.26. The molecule has 7 heteroatoms. The van der Waals surface area contributed by atoms with Crippen molar-refractivity contribution in [2.75, 3.05) is 12.4 Å². The van der Waals surface area contributed by atoms with Crippen molar-refractivity contribution in [3.05, 3.63) is 33.5 Å². The Balaban J connectivity index is 1.98. The summed E-state index contributed by atoms with van der Waals surface area (Å²) in [6.45, 7) is 0. The molecule has 0 aliphatic rings. The van der Waals surface area contributed by atoms with Crippen molar-refractivity contribution in [2.45, 2.75) is 6.42 Å². The average Bonchev–Trinajstić information content (AvgIpc) is 3.00. The number of hydrogen-bond acceptors (Lipinski definition) is 5. The maximum absolute atomic E-state index is 11.7. The molecule has 5 nitrogen and oxygen atoms in total. The highest BCUT2D eigenvalue weighted by atomic mass is 32.1. The predicted molar refractivity (Wildman–Crippen MR) is 72.2 cm³/mol. The molecule has 0 radical (unpaired) electrons. The topological polar surface area (TPSA) is 71.1 Å². The summed E-state index contributed by atoms with van der Waals surface area (Å²) in [5.74, 6) is -0.276. The molecule has 0 aliphatic heterocycles. The molecular weight excluding hydrogens is 270 g/mol. The molecule has 2 amide bonds. The van der Waals surface area contributed by atoms with Gasteiger partial charge in [0.1, 0.15) is 0 Å². The monoisotopic (exact) mass is 281 g/mol. The standard InChI is InChI=1S/C11H11N3O2S2/c1-12-9(15)5-7-6-18-11(13-7)14-10(16)8-3-2-4-17-8/h2-4,6H,5H2,1H3,(H,12,15)(H,13,14,16). The number of amides is 2. The van der Waals surface area contributed by atoms with Crippen molar-refractivity contribution in [1.29, 1.82) is 0 Å². The summed E-state index contributed by atoms with van der Waals surface area (Å²) >= 11 is 2.68. The van der Waals surface area contributed by atoms with Gasteiger partial charge in [-0.05, 0) is 11.4 Å². The van der Waals surface area contributed by atoms with Crippen LogP contribution >= 0.6 is 22.7 Å². The Kier molecular flexibility index (Phi) is 4.06. The van der Waals surface area contributed by atoms with Gasteiger partial charge < -0.3 is 5.32 Å². The maximum atomic E-state index is 11.7. The van der Waals surface area contributed by atoms with Crippen LogP contribution in [0.5, 0.6) is 0 Å². The van der Waals surface area contributed by atoms with E-state index in [0.29, 0.717) is 15.7 Å². The summed E-state index contributed by atoms with van der Waals surface area (Å²) < 4.78 is 0. The van der Waals surface area contributed by atoms with Gasteiger partial charge in [0.05, 0.1) is 17.0 Å². The zero-order valence-electron chi connectivity index (χ0n) is 9.60. The Bertz CT molecular complexity index is 548. The van der Waals surface area contributed by atoms with Crippen molar-refractivity contribution in [3.63, 3.8) is 0 Å². The van der Waals surface area contributed by atoms with Gasteiger partial charge in [0.25, 0.3) is 5.91 Å². The lowest BCUT2D eigenvalue weighted by Crippen LogP contribution is -2.20. The van der Waals surface area contributed by atoms with Gasteiger partial charge in [0, 0.05) is 12.4 Å². The van der Waals surface area contributed by atoms with Crippen molar-refractivity contribution >= 4 is 39.6 Å². The zero-order chi connectivity index (χ0) is 13.0. The van der Waals surface area contributed by atoms with E-state index in [4.69, 9.17) is 0 Å². The van der Waals surface area contributed by atoms with Gasteiger partial charge in [-0.2, -0.15) is 0 Å². The van der Waals surface area contributed by atoms with E-state index in [1.807, 2.05) is 11.4 Å². The minimum Gasteiger partial charge on any atom is -0.359 e. The number of likely N-dealkylation sites (N-methyl/N-ethyl adjacent to an activating group) is 1. The minimum atomic E-state index is -0.175. The molecule has 2 heterocycles. The number of carbonyl (C=O) groups is 2. The van der Waals surface area contributed by atoms with Gasteiger partial charge in [-0.15, -0.1) is 22.7 Å². The molecule has 2 N–H and O–H groups in total. The Morgan fingerprint density at radius 2 is 2.22 bits per heavy atom. The molecule has 18 heavy (non-hydrogen) atoms. The average molecular weight is 281 g/mol. The first-order valence-electron chi connectivity index (χ1n) is 5.19. The normalized spacial score (nSPS) is 10.1. The molecular formula is C11H11N3O2S2. The zero-order valence-corrected chi connectivity index (χ0v) is 11.2. The lowest BCUT2D eigenvalue weighted by Gasteiger charge is -1.98. The molecule has 0 aromatic carbocycles. The minimum absolute atomic E-state index is 0.101. The molecule has 0 aliphatic carbocycles. The van der Waals surface area contributed by atoms with Crippen molar-refractivity contribution in [1.82, 2.24) is 10.3 Å². The van der Waals surface area contributed by atoms with Crippen molar-refractivity contribution in [2.24, 2.45) is 0 Å². The highest BCUT2D eigenvalue weighted by Crippen LogP contribution is 2.18. The quantitative estimate of drug-likeness (QED) is 0.897. The third-order valence-corrected chi connectivity index (χ3v) is 3.81. The molecule has 0 fully saturated rings. The number of anilines is 1. The Hall–Kier alpha value is -1.73. The Morgan fingerprint density at radius 3 is 2.89 bits per heavy atom. The SMILES string of the molecule is CNC(=O)Cc1csc(NC(=O)c2cccs2)n1. The van der Waals surface area contributed by atoms with Crippen LogP contribution in [0.4, 0.5) is 5.13 Å². The van der Waals surface area contributed by atoms with Crippen LogP contribution in [0.2, 0.25) is 0 Å². The van der Waals surface area contributed by atoms with Gasteiger partial charge in [0.15, 0.2) is 5.13 Å². The van der Waals surface area contributed by atoms with E-state index in [-0.39, 0.29) is 18.2 Å². The van der Waals surface area contributed by atoms with E-state index in [2.05, 4.69) is 15.6 Å². The van der Waals surface area contributed by atoms with E-state index >= 15 is 0 Å². The smallest absolute Gasteiger partial charge is 0.267 e. The predicted octanol–water partition coefficient (Wildman–Crippen LogP) is 1.75. The van der Waals surface area contributed by atoms with E-state index in [0.717, 1.165) is 0 Å². The van der Waals surface area contributed by atoms with Crippen LogP contribution in [0.1, 0.15) is 15.4 Å². The molecule has 94 valence electrons. The lowest BCUT2D eigenvalue weighted by atomic mass is 10.3. The fraction of sp³-hybridized carbons (Fsp3) is 0.182. The third kappa shape index (κ3) is 3.14. The van der Waals surface area contributed by atoms with Gasteiger partial charge >= 0.3 is 0 Å². The third-order valence-electron chi connectivity index (χ3n) is 2.14. The van der Waals surface area contributed by atoms with Gasteiger partial charge in [0.2, 0.25) is 5.91 Å². The first-order valence-corrected chi connectivity index (χ1v) is 6.95. The number of nitrogens with one attached hydrogen (secondary N) is 2. The molecule has 0 unspecified atom stereocenters. The molecule has 0 saturated carbocycles. The van der Waals surface area contributed by atoms with Crippen LogP contribution < -0.4 is 10.6 Å². The Labute approximate surface area is 112 Å². The second kappa shape index (κ2) is 5.74. The molecule has 0 bridgehead atoms. The number of aromatic nitrogens is 1. The molecule has 0 spiro atoms. The van der Waals surface area contributed by atoms with E-state index in [1.165, 1.54) is 22.7 Å². The highest BCUT2D eigenvalue weighted by molar-refractivity contribution is 7.14. The van der Waals surface area contributed by atoms with E-state index < -0.39 is 0 Å². The number of hydrogen-bond donors (Lipinski definition) is 2. The number of nitrogens with zero attached hydrogens (tertiary/aromatic N) is 1. The maximum Gasteiger partial charge on any atom is 0.267 e. The summed E-state index contributed by atoms with van der Waals surface area (Å²) in [6.07, 6.45) is 0.224. The first-order chi connectivity index (χ1) is 8.69. The number of thiophene rings is 1. The number of carbonyl (C=O) groups excluding carboxylic acids is 2.